The molecule has 0 aliphatic carbocycles. The van der Waals surface area contributed by atoms with E-state index < -0.39 is 33.2 Å². The Morgan fingerprint density at radius 2 is 1.74 bits per heavy atom. The number of carbonyl (C=O) groups excluding carboxylic acids is 1. The van der Waals surface area contributed by atoms with Crippen LogP contribution in [-0.2, 0) is 24.3 Å². The third-order valence-electron chi connectivity index (χ3n) is 3.09. The molecule has 9 heteroatoms. The number of sulfonamides is 1. The second kappa shape index (κ2) is 8.89. The number of rotatable bonds is 7. The summed E-state index contributed by atoms with van der Waals surface area (Å²) in [7, 11) is -2.71. The highest BCUT2D eigenvalue weighted by atomic mass is 79.9. The molecule has 0 saturated heterocycles. The van der Waals surface area contributed by atoms with Crippen molar-refractivity contribution in [1.29, 1.82) is 0 Å². The molecule has 154 valence electrons. The Balaban J connectivity index is 3.19. The van der Waals surface area contributed by atoms with Crippen molar-refractivity contribution in [3.63, 3.8) is 0 Å². The lowest BCUT2D eigenvalue weighted by molar-refractivity contribution is -0.159. The summed E-state index contributed by atoms with van der Waals surface area (Å²) in [4.78, 5) is 12.4. The molecule has 0 bridgehead atoms. The highest BCUT2D eigenvalue weighted by Crippen LogP contribution is 2.27. The van der Waals surface area contributed by atoms with Gasteiger partial charge in [0.05, 0.1) is 19.3 Å². The van der Waals surface area contributed by atoms with Crippen LogP contribution in [0.2, 0.25) is 0 Å². The molecule has 0 spiro atoms. The molecule has 27 heavy (non-hydrogen) atoms. The zero-order chi connectivity index (χ0) is 21.0. The Bertz CT molecular complexity index is 765. The molecule has 1 rings (SSSR count). The molecule has 0 fully saturated rings. The molecule has 0 saturated carbocycles. The molecule has 1 aromatic carbocycles. The van der Waals surface area contributed by atoms with Crippen molar-refractivity contribution in [3.05, 3.63) is 22.7 Å². The summed E-state index contributed by atoms with van der Waals surface area (Å²) in [6.45, 7) is 10.4. The highest BCUT2D eigenvalue weighted by Gasteiger charge is 2.32. The number of hydrogen-bond donors (Lipinski definition) is 1. The van der Waals surface area contributed by atoms with Crippen molar-refractivity contribution in [3.8, 4) is 5.75 Å². The van der Waals surface area contributed by atoms with Crippen molar-refractivity contribution in [2.45, 2.75) is 63.7 Å². The summed E-state index contributed by atoms with van der Waals surface area (Å²) in [6.07, 6.45) is 0. The zero-order valence-corrected chi connectivity index (χ0v) is 19.2. The summed E-state index contributed by atoms with van der Waals surface area (Å²) in [5.74, 6) is -0.560. The lowest BCUT2D eigenvalue weighted by Crippen LogP contribution is -2.48. The van der Waals surface area contributed by atoms with E-state index >= 15 is 0 Å². The van der Waals surface area contributed by atoms with Crippen molar-refractivity contribution in [2.75, 3.05) is 13.7 Å². The van der Waals surface area contributed by atoms with Crippen LogP contribution in [0.25, 0.3) is 0 Å². The van der Waals surface area contributed by atoms with Gasteiger partial charge in [0.15, 0.2) is 0 Å². The van der Waals surface area contributed by atoms with E-state index in [2.05, 4.69) is 20.7 Å². The second-order valence-electron chi connectivity index (χ2n) is 7.93. The Kier molecular flexibility index (Phi) is 7.87. The SMILES string of the molecule is COc1ccc(Br)cc1S(=O)(=O)NC(COC(C)(C)C)C(=O)OC(C)(C)C. The quantitative estimate of drug-likeness (QED) is 0.621. The largest absolute Gasteiger partial charge is 0.495 e. The average molecular weight is 466 g/mol. The van der Waals surface area contributed by atoms with Crippen LogP contribution in [0, 0.1) is 0 Å². The van der Waals surface area contributed by atoms with Gasteiger partial charge in [0.25, 0.3) is 0 Å². The zero-order valence-electron chi connectivity index (χ0n) is 16.8. The lowest BCUT2D eigenvalue weighted by Gasteiger charge is -2.27. The first-order valence-electron chi connectivity index (χ1n) is 8.37. The number of nitrogens with one attached hydrogen (secondary N) is 1. The van der Waals surface area contributed by atoms with Gasteiger partial charge in [0, 0.05) is 4.47 Å². The Morgan fingerprint density at radius 3 is 2.22 bits per heavy atom. The first-order chi connectivity index (χ1) is 12.1. The van der Waals surface area contributed by atoms with Crippen molar-refractivity contribution in [1.82, 2.24) is 4.72 Å². The summed E-state index contributed by atoms with van der Waals surface area (Å²) in [5.41, 5.74) is -1.32. The van der Waals surface area contributed by atoms with Crippen LogP contribution >= 0.6 is 15.9 Å². The highest BCUT2D eigenvalue weighted by molar-refractivity contribution is 9.10. The number of methoxy groups -OCH3 is 1. The third kappa shape index (κ3) is 8.16. The first kappa shape index (κ1) is 23.9. The van der Waals surface area contributed by atoms with E-state index in [-0.39, 0.29) is 17.3 Å². The molecular formula is C18H28BrNO6S. The van der Waals surface area contributed by atoms with Crippen LogP contribution in [0.5, 0.6) is 5.75 Å². The molecular weight excluding hydrogens is 438 g/mol. The fraction of sp³-hybridized carbons (Fsp3) is 0.611. The molecule has 0 aliphatic heterocycles. The van der Waals surface area contributed by atoms with E-state index in [1.807, 2.05) is 20.8 Å². The predicted molar refractivity (Wildman–Crippen MR) is 106 cm³/mol. The normalized spacial score (nSPS) is 13.9. The van der Waals surface area contributed by atoms with Crippen molar-refractivity contribution < 1.29 is 27.4 Å². The van der Waals surface area contributed by atoms with E-state index in [4.69, 9.17) is 14.2 Å². The molecule has 0 aromatic heterocycles. The topological polar surface area (TPSA) is 90.9 Å². The summed E-state index contributed by atoms with van der Waals surface area (Å²) in [6, 6.07) is 3.37. The molecule has 1 unspecified atom stereocenters. The van der Waals surface area contributed by atoms with Gasteiger partial charge in [-0.25, -0.2) is 8.42 Å². The van der Waals surface area contributed by atoms with Crippen LogP contribution in [0.1, 0.15) is 41.5 Å². The lowest BCUT2D eigenvalue weighted by atomic mass is 10.2. The van der Waals surface area contributed by atoms with Crippen LogP contribution < -0.4 is 9.46 Å². The summed E-state index contributed by atoms with van der Waals surface area (Å²) >= 11 is 3.25. The Hall–Kier alpha value is -1.16. The maximum atomic E-state index is 12.9. The van der Waals surface area contributed by atoms with Gasteiger partial charge >= 0.3 is 5.97 Å². The number of hydrogen-bond acceptors (Lipinski definition) is 6. The molecule has 1 atom stereocenters. The Morgan fingerprint density at radius 1 is 1.15 bits per heavy atom. The van der Waals surface area contributed by atoms with E-state index in [1.54, 1.807) is 26.8 Å². The molecule has 1 aromatic rings. The van der Waals surface area contributed by atoms with Crippen LogP contribution in [0.4, 0.5) is 0 Å². The van der Waals surface area contributed by atoms with Gasteiger partial charge in [-0.05, 0) is 59.7 Å². The minimum atomic E-state index is -4.08. The van der Waals surface area contributed by atoms with Gasteiger partial charge in [-0.3, -0.25) is 4.79 Å². The van der Waals surface area contributed by atoms with Gasteiger partial charge in [-0.15, -0.1) is 0 Å². The Labute approximate surface area is 169 Å². The van der Waals surface area contributed by atoms with E-state index in [9.17, 15) is 13.2 Å². The molecule has 0 radical (unpaired) electrons. The molecule has 0 aliphatic rings. The van der Waals surface area contributed by atoms with Crippen LogP contribution in [-0.4, -0.2) is 45.3 Å². The minimum Gasteiger partial charge on any atom is -0.495 e. The van der Waals surface area contributed by atoms with Crippen molar-refractivity contribution in [2.24, 2.45) is 0 Å². The van der Waals surface area contributed by atoms with Gasteiger partial charge in [-0.1, -0.05) is 15.9 Å². The van der Waals surface area contributed by atoms with Crippen LogP contribution in [0.3, 0.4) is 0 Å². The van der Waals surface area contributed by atoms with Gasteiger partial charge in [0.1, 0.15) is 22.3 Å². The minimum absolute atomic E-state index is 0.0938. The standard InChI is InChI=1S/C18H28BrNO6S/c1-17(2,3)25-11-13(16(21)26-18(4,5)6)20-27(22,23)15-10-12(19)8-9-14(15)24-7/h8-10,13,20H,11H2,1-7H3. The smallest absolute Gasteiger partial charge is 0.327 e. The van der Waals surface area contributed by atoms with E-state index in [0.717, 1.165) is 0 Å². The molecule has 0 amide bonds. The van der Waals surface area contributed by atoms with E-state index in [1.165, 1.54) is 19.2 Å². The number of benzene rings is 1. The predicted octanol–water partition coefficient (Wildman–Crippen LogP) is 3.26. The van der Waals surface area contributed by atoms with Crippen molar-refractivity contribution >= 4 is 31.9 Å². The van der Waals surface area contributed by atoms with Crippen LogP contribution in [0.15, 0.2) is 27.6 Å². The number of carbonyl (C=O) groups is 1. The molecule has 7 nitrogen and oxygen atoms in total. The van der Waals surface area contributed by atoms with Gasteiger partial charge < -0.3 is 14.2 Å². The fourth-order valence-corrected chi connectivity index (χ4v) is 3.84. The first-order valence-corrected chi connectivity index (χ1v) is 10.6. The summed E-state index contributed by atoms with van der Waals surface area (Å²) < 4.78 is 44.8. The number of esters is 1. The third-order valence-corrected chi connectivity index (χ3v) is 5.07. The summed E-state index contributed by atoms with van der Waals surface area (Å²) in [5, 5.41) is 0. The average Bonchev–Trinajstić information content (AvgIpc) is 2.48. The number of ether oxygens (including phenoxy) is 3. The van der Waals surface area contributed by atoms with Gasteiger partial charge in [0.2, 0.25) is 10.0 Å². The van der Waals surface area contributed by atoms with E-state index in [0.29, 0.717) is 4.47 Å². The second-order valence-corrected chi connectivity index (χ2v) is 10.5. The molecule has 0 heterocycles. The maximum Gasteiger partial charge on any atom is 0.327 e. The number of halogens is 1. The maximum absolute atomic E-state index is 12.9. The molecule has 1 N–H and O–H groups in total. The van der Waals surface area contributed by atoms with Gasteiger partial charge in [-0.2, -0.15) is 4.72 Å². The fourth-order valence-electron chi connectivity index (χ4n) is 1.97. The monoisotopic (exact) mass is 465 g/mol.